The number of sulfonamides is 1. The lowest BCUT2D eigenvalue weighted by Gasteiger charge is -2.23. The third-order valence-electron chi connectivity index (χ3n) is 4.62. The Morgan fingerprint density at radius 1 is 1.15 bits per heavy atom. The maximum Gasteiger partial charge on any atom is 0.243 e. The van der Waals surface area contributed by atoms with Gasteiger partial charge >= 0.3 is 0 Å². The van der Waals surface area contributed by atoms with Crippen LogP contribution in [0.5, 0.6) is 0 Å². The summed E-state index contributed by atoms with van der Waals surface area (Å²) in [6, 6.07) is 11.4. The molecule has 1 aromatic carbocycles. The average molecular weight is 385 g/mol. The number of rotatable bonds is 4. The van der Waals surface area contributed by atoms with E-state index in [9.17, 15) is 13.2 Å². The van der Waals surface area contributed by atoms with Crippen LogP contribution >= 0.6 is 0 Å². The van der Waals surface area contributed by atoms with Gasteiger partial charge < -0.3 is 5.32 Å². The van der Waals surface area contributed by atoms with E-state index in [-0.39, 0.29) is 16.8 Å². The molecule has 0 bridgehead atoms. The number of hydrogen-bond acceptors (Lipinski definition) is 5. The molecule has 1 atom stereocenters. The topological polar surface area (TPSA) is 96.7 Å². The van der Waals surface area contributed by atoms with Crippen LogP contribution in [-0.2, 0) is 14.8 Å². The highest BCUT2D eigenvalue weighted by Gasteiger charge is 2.38. The molecule has 3 aromatic rings. The molecule has 9 heteroatoms. The maximum atomic E-state index is 13.2. The van der Waals surface area contributed by atoms with Crippen LogP contribution < -0.4 is 5.32 Å². The Bertz CT molecular complexity index is 1090. The van der Waals surface area contributed by atoms with Gasteiger partial charge in [0.05, 0.1) is 10.9 Å². The average Bonchev–Trinajstić information content (AvgIpc) is 3.28. The first-order valence-corrected chi connectivity index (χ1v) is 10.1. The van der Waals surface area contributed by atoms with Gasteiger partial charge in [-0.25, -0.2) is 8.42 Å². The number of nitrogens with zero attached hydrogens (tertiary/aromatic N) is 4. The molecular formula is C18H19N5O3S. The largest absolute Gasteiger partial charge is 0.326 e. The van der Waals surface area contributed by atoms with Gasteiger partial charge in [-0.3, -0.25) is 9.20 Å². The van der Waals surface area contributed by atoms with Crippen molar-refractivity contribution >= 4 is 27.3 Å². The van der Waals surface area contributed by atoms with E-state index in [1.807, 2.05) is 28.8 Å². The van der Waals surface area contributed by atoms with E-state index < -0.39 is 10.0 Å². The summed E-state index contributed by atoms with van der Waals surface area (Å²) < 4.78 is 29.7. The van der Waals surface area contributed by atoms with Gasteiger partial charge in [-0.05, 0) is 49.2 Å². The van der Waals surface area contributed by atoms with Crippen molar-refractivity contribution in [1.82, 2.24) is 18.9 Å². The summed E-state index contributed by atoms with van der Waals surface area (Å²) in [5.41, 5.74) is 1.25. The van der Waals surface area contributed by atoms with E-state index >= 15 is 0 Å². The lowest BCUT2D eigenvalue weighted by molar-refractivity contribution is -0.114. The van der Waals surface area contributed by atoms with E-state index in [1.165, 1.54) is 23.4 Å². The van der Waals surface area contributed by atoms with Gasteiger partial charge in [0, 0.05) is 25.4 Å². The molecule has 1 unspecified atom stereocenters. The minimum absolute atomic E-state index is 0.192. The van der Waals surface area contributed by atoms with Crippen LogP contribution in [0, 0.1) is 0 Å². The molecule has 1 aliphatic heterocycles. The first-order chi connectivity index (χ1) is 13.0. The Morgan fingerprint density at radius 3 is 2.67 bits per heavy atom. The van der Waals surface area contributed by atoms with Crippen LogP contribution in [0.2, 0.25) is 0 Å². The summed E-state index contributed by atoms with van der Waals surface area (Å²) in [6.07, 6.45) is 3.30. The Morgan fingerprint density at radius 2 is 1.93 bits per heavy atom. The molecule has 0 aliphatic carbocycles. The van der Waals surface area contributed by atoms with E-state index in [2.05, 4.69) is 15.5 Å². The summed E-state index contributed by atoms with van der Waals surface area (Å²) >= 11 is 0. The Hall–Kier alpha value is -2.78. The summed E-state index contributed by atoms with van der Waals surface area (Å²) in [5, 5.41) is 11.0. The lowest BCUT2D eigenvalue weighted by atomic mass is 10.2. The highest BCUT2D eigenvalue weighted by Crippen LogP contribution is 2.36. The first-order valence-electron chi connectivity index (χ1n) is 8.66. The fourth-order valence-electron chi connectivity index (χ4n) is 3.42. The standard InChI is InChI=1S/C18H19N5O3S/c1-13(24)19-14-7-9-15(10-8-14)27(25,26)23-12-4-5-16(23)18-21-20-17-6-2-3-11-22(17)18/h2-3,6-11,16H,4-5,12H2,1H3,(H,19,24). The molecule has 4 rings (SSSR count). The van der Waals surface area contributed by atoms with Crippen molar-refractivity contribution in [3.8, 4) is 0 Å². The van der Waals surface area contributed by atoms with Crippen LogP contribution in [0.25, 0.3) is 5.65 Å². The number of carbonyl (C=O) groups excluding carboxylic acids is 1. The van der Waals surface area contributed by atoms with E-state index in [0.717, 1.165) is 6.42 Å². The molecule has 2 aromatic heterocycles. The quantitative estimate of drug-likeness (QED) is 0.743. The summed E-state index contributed by atoms with van der Waals surface area (Å²) in [7, 11) is -3.69. The van der Waals surface area contributed by atoms with E-state index in [0.29, 0.717) is 30.1 Å². The van der Waals surface area contributed by atoms with Crippen LogP contribution in [0.1, 0.15) is 31.6 Å². The summed E-state index contributed by atoms with van der Waals surface area (Å²) in [5.74, 6) is 0.422. The molecule has 8 nitrogen and oxygen atoms in total. The summed E-state index contributed by atoms with van der Waals surface area (Å²) in [6.45, 7) is 1.84. The number of aromatic nitrogens is 3. The van der Waals surface area contributed by atoms with Crippen molar-refractivity contribution in [2.24, 2.45) is 0 Å². The molecule has 0 spiro atoms. The zero-order valence-corrected chi connectivity index (χ0v) is 15.6. The number of amides is 1. The molecule has 1 fully saturated rings. The van der Waals surface area contributed by atoms with Crippen LogP contribution in [0.15, 0.2) is 53.6 Å². The third-order valence-corrected chi connectivity index (χ3v) is 6.55. The van der Waals surface area contributed by atoms with Crippen molar-refractivity contribution in [2.45, 2.75) is 30.7 Å². The van der Waals surface area contributed by atoms with Crippen molar-refractivity contribution in [3.05, 3.63) is 54.5 Å². The van der Waals surface area contributed by atoms with Gasteiger partial charge in [-0.15, -0.1) is 10.2 Å². The number of pyridine rings is 1. The Labute approximate surface area is 156 Å². The lowest BCUT2D eigenvalue weighted by Crippen LogP contribution is -2.31. The molecule has 1 amide bonds. The van der Waals surface area contributed by atoms with Gasteiger partial charge in [0.2, 0.25) is 15.9 Å². The van der Waals surface area contributed by atoms with Crippen molar-refractivity contribution < 1.29 is 13.2 Å². The van der Waals surface area contributed by atoms with Gasteiger partial charge in [-0.2, -0.15) is 4.31 Å². The van der Waals surface area contributed by atoms with E-state index in [4.69, 9.17) is 0 Å². The highest BCUT2D eigenvalue weighted by atomic mass is 32.2. The van der Waals surface area contributed by atoms with Crippen LogP contribution in [0.3, 0.4) is 0 Å². The fraction of sp³-hybridized carbons (Fsp3) is 0.278. The number of fused-ring (bicyclic) bond motifs is 1. The first kappa shape index (κ1) is 17.6. The molecule has 140 valence electrons. The number of carbonyl (C=O) groups is 1. The van der Waals surface area contributed by atoms with Gasteiger partial charge in [-0.1, -0.05) is 6.07 Å². The second kappa shape index (κ2) is 6.75. The highest BCUT2D eigenvalue weighted by molar-refractivity contribution is 7.89. The van der Waals surface area contributed by atoms with Crippen molar-refractivity contribution in [3.63, 3.8) is 0 Å². The number of benzene rings is 1. The SMILES string of the molecule is CC(=O)Nc1ccc(S(=O)(=O)N2CCCC2c2nnc3ccccn23)cc1. The molecule has 1 N–H and O–H groups in total. The molecule has 1 saturated heterocycles. The number of hydrogen-bond donors (Lipinski definition) is 1. The second-order valence-electron chi connectivity index (χ2n) is 6.47. The number of nitrogens with one attached hydrogen (secondary N) is 1. The Kier molecular flexibility index (Phi) is 4.40. The third kappa shape index (κ3) is 3.19. The summed E-state index contributed by atoms with van der Waals surface area (Å²) in [4.78, 5) is 11.3. The molecule has 0 radical (unpaired) electrons. The predicted octanol–water partition coefficient (Wildman–Crippen LogP) is 2.21. The minimum atomic E-state index is -3.69. The number of anilines is 1. The van der Waals surface area contributed by atoms with Gasteiger partial charge in [0.1, 0.15) is 0 Å². The normalized spacial score (nSPS) is 18.0. The molecule has 0 saturated carbocycles. The zero-order chi connectivity index (χ0) is 19.0. The molecule has 1 aliphatic rings. The monoisotopic (exact) mass is 385 g/mol. The molecular weight excluding hydrogens is 366 g/mol. The molecule has 27 heavy (non-hydrogen) atoms. The van der Waals surface area contributed by atoms with Gasteiger partial charge in [0.25, 0.3) is 0 Å². The van der Waals surface area contributed by atoms with Crippen LogP contribution in [-0.4, -0.2) is 39.8 Å². The maximum absolute atomic E-state index is 13.2. The van der Waals surface area contributed by atoms with Gasteiger partial charge in [0.15, 0.2) is 11.5 Å². The van der Waals surface area contributed by atoms with Crippen LogP contribution in [0.4, 0.5) is 5.69 Å². The zero-order valence-electron chi connectivity index (χ0n) is 14.7. The second-order valence-corrected chi connectivity index (χ2v) is 8.36. The Balaban J connectivity index is 1.67. The fourth-order valence-corrected chi connectivity index (χ4v) is 5.08. The molecule has 3 heterocycles. The van der Waals surface area contributed by atoms with Crippen molar-refractivity contribution in [2.75, 3.05) is 11.9 Å². The van der Waals surface area contributed by atoms with E-state index in [1.54, 1.807) is 12.1 Å². The van der Waals surface area contributed by atoms with Crippen molar-refractivity contribution in [1.29, 1.82) is 0 Å². The predicted molar refractivity (Wildman–Crippen MR) is 99.6 cm³/mol. The smallest absolute Gasteiger partial charge is 0.243 e. The minimum Gasteiger partial charge on any atom is -0.326 e.